The summed E-state index contributed by atoms with van der Waals surface area (Å²) in [6, 6.07) is 12.1. The number of aromatic nitrogens is 4. The summed E-state index contributed by atoms with van der Waals surface area (Å²) in [7, 11) is 1.71. The van der Waals surface area contributed by atoms with Crippen molar-refractivity contribution in [3.05, 3.63) is 53.6 Å². The van der Waals surface area contributed by atoms with Gasteiger partial charge in [-0.2, -0.15) is 5.10 Å². The van der Waals surface area contributed by atoms with E-state index in [2.05, 4.69) is 15.1 Å². The lowest BCUT2D eigenvalue weighted by Gasteiger charge is -2.06. The maximum Gasteiger partial charge on any atom is 0.248 e. The van der Waals surface area contributed by atoms with Gasteiger partial charge in [-0.1, -0.05) is 18.2 Å². The van der Waals surface area contributed by atoms with Gasteiger partial charge in [0.15, 0.2) is 11.6 Å². The van der Waals surface area contributed by atoms with Crippen LogP contribution in [0.4, 0.5) is 0 Å². The van der Waals surface area contributed by atoms with Gasteiger partial charge < -0.3 is 20.9 Å². The number of aryl methyl sites for hydroxylation is 1. The van der Waals surface area contributed by atoms with Crippen molar-refractivity contribution in [3.63, 3.8) is 0 Å². The molecular formula is C20H19N5O3. The van der Waals surface area contributed by atoms with E-state index in [1.165, 1.54) is 4.68 Å². The third-order valence-corrected chi connectivity index (χ3v) is 4.66. The van der Waals surface area contributed by atoms with Gasteiger partial charge in [0.1, 0.15) is 11.4 Å². The van der Waals surface area contributed by atoms with E-state index in [1.807, 2.05) is 12.1 Å². The van der Waals surface area contributed by atoms with Crippen LogP contribution in [-0.4, -0.2) is 35.9 Å². The Balaban J connectivity index is 1.83. The number of fused-ring (bicyclic) bond motifs is 1. The number of aromatic amines is 1. The van der Waals surface area contributed by atoms with Crippen LogP contribution in [0.1, 0.15) is 28.9 Å². The predicted octanol–water partition coefficient (Wildman–Crippen LogP) is 2.49. The lowest BCUT2D eigenvalue weighted by atomic mass is 10.0. The summed E-state index contributed by atoms with van der Waals surface area (Å²) in [5.74, 6) is -0.136. The number of imidazole rings is 1. The van der Waals surface area contributed by atoms with Crippen LogP contribution in [0.2, 0.25) is 0 Å². The zero-order valence-corrected chi connectivity index (χ0v) is 15.3. The van der Waals surface area contributed by atoms with Gasteiger partial charge in [-0.25, -0.2) is 4.98 Å². The van der Waals surface area contributed by atoms with E-state index in [0.717, 1.165) is 5.56 Å². The Labute approximate surface area is 160 Å². The molecule has 28 heavy (non-hydrogen) atoms. The fourth-order valence-corrected chi connectivity index (χ4v) is 3.19. The number of benzene rings is 2. The molecule has 0 bridgehead atoms. The smallest absolute Gasteiger partial charge is 0.248 e. The van der Waals surface area contributed by atoms with E-state index >= 15 is 0 Å². The van der Waals surface area contributed by atoms with Crippen LogP contribution >= 0.6 is 0 Å². The first kappa shape index (κ1) is 17.7. The summed E-state index contributed by atoms with van der Waals surface area (Å²) in [5, 5.41) is 25.1. The highest BCUT2D eigenvalue weighted by Gasteiger charge is 2.21. The molecule has 0 spiro atoms. The fourth-order valence-electron chi connectivity index (χ4n) is 3.19. The number of primary amides is 1. The molecule has 8 heteroatoms. The second kappa shape index (κ2) is 6.50. The summed E-state index contributed by atoms with van der Waals surface area (Å²) in [6.07, 6.45) is -0.625. The van der Waals surface area contributed by atoms with E-state index in [-0.39, 0.29) is 5.75 Å². The minimum Gasteiger partial charge on any atom is -0.504 e. The molecule has 142 valence electrons. The number of rotatable bonds is 4. The van der Waals surface area contributed by atoms with Gasteiger partial charge in [0.25, 0.3) is 0 Å². The third-order valence-electron chi connectivity index (χ3n) is 4.66. The van der Waals surface area contributed by atoms with Crippen molar-refractivity contribution in [2.75, 3.05) is 0 Å². The SMILES string of the molecule is CC(O)c1cccc(-c2nn(C)c(-c3nc4ccc(C(N)=O)cc4[nH]3)c2O)c1. The number of carbonyl (C=O) groups excluding carboxylic acids is 1. The molecular weight excluding hydrogens is 358 g/mol. The molecule has 0 aliphatic heterocycles. The number of nitrogens with two attached hydrogens (primary N) is 1. The fraction of sp³-hybridized carbons (Fsp3) is 0.150. The summed E-state index contributed by atoms with van der Waals surface area (Å²) in [4.78, 5) is 19.0. The molecule has 4 aromatic rings. The van der Waals surface area contributed by atoms with Crippen molar-refractivity contribution in [1.82, 2.24) is 19.7 Å². The maximum absolute atomic E-state index is 11.4. The quantitative estimate of drug-likeness (QED) is 0.434. The van der Waals surface area contributed by atoms with E-state index < -0.39 is 12.0 Å². The zero-order chi connectivity index (χ0) is 20.0. The highest BCUT2D eigenvalue weighted by atomic mass is 16.3. The van der Waals surface area contributed by atoms with E-state index in [0.29, 0.717) is 39.4 Å². The Morgan fingerprint density at radius 1 is 1.25 bits per heavy atom. The van der Waals surface area contributed by atoms with Crippen LogP contribution in [0.5, 0.6) is 5.75 Å². The number of aliphatic hydroxyl groups is 1. The van der Waals surface area contributed by atoms with Crippen LogP contribution in [-0.2, 0) is 7.05 Å². The number of H-pyrrole nitrogens is 1. The van der Waals surface area contributed by atoms with Gasteiger partial charge >= 0.3 is 0 Å². The summed E-state index contributed by atoms with van der Waals surface area (Å²) in [6.45, 7) is 1.68. The zero-order valence-electron chi connectivity index (χ0n) is 15.3. The Kier molecular flexibility index (Phi) is 4.12. The molecule has 1 unspecified atom stereocenters. The van der Waals surface area contributed by atoms with Crippen LogP contribution < -0.4 is 5.73 Å². The van der Waals surface area contributed by atoms with Gasteiger partial charge in [-0.15, -0.1) is 0 Å². The topological polar surface area (TPSA) is 130 Å². The Morgan fingerprint density at radius 3 is 2.75 bits per heavy atom. The van der Waals surface area contributed by atoms with Crippen LogP contribution in [0.3, 0.4) is 0 Å². The van der Waals surface area contributed by atoms with Gasteiger partial charge in [0, 0.05) is 18.2 Å². The Bertz CT molecular complexity index is 1210. The van der Waals surface area contributed by atoms with Crippen molar-refractivity contribution < 1.29 is 15.0 Å². The molecule has 0 saturated carbocycles. The number of nitrogens with zero attached hydrogens (tertiary/aromatic N) is 3. The van der Waals surface area contributed by atoms with Gasteiger partial charge in [-0.05, 0) is 36.8 Å². The van der Waals surface area contributed by atoms with Gasteiger partial charge in [0.2, 0.25) is 5.91 Å². The Morgan fingerprint density at radius 2 is 2.04 bits per heavy atom. The molecule has 1 amide bonds. The largest absolute Gasteiger partial charge is 0.504 e. The first-order valence-electron chi connectivity index (χ1n) is 8.69. The highest BCUT2D eigenvalue weighted by molar-refractivity contribution is 5.96. The number of amides is 1. The molecule has 4 rings (SSSR count). The minimum atomic E-state index is -0.625. The molecule has 2 heterocycles. The number of nitrogens with one attached hydrogen (secondary N) is 1. The first-order valence-corrected chi connectivity index (χ1v) is 8.69. The molecule has 0 aliphatic carbocycles. The molecule has 5 N–H and O–H groups in total. The predicted molar refractivity (Wildman–Crippen MR) is 105 cm³/mol. The van der Waals surface area contributed by atoms with Crippen molar-refractivity contribution in [2.45, 2.75) is 13.0 Å². The van der Waals surface area contributed by atoms with E-state index in [4.69, 9.17) is 5.73 Å². The first-order chi connectivity index (χ1) is 13.3. The van der Waals surface area contributed by atoms with Gasteiger partial charge in [-0.3, -0.25) is 9.48 Å². The monoisotopic (exact) mass is 377 g/mol. The average Bonchev–Trinajstić information content (AvgIpc) is 3.20. The number of hydrogen-bond acceptors (Lipinski definition) is 5. The summed E-state index contributed by atoms with van der Waals surface area (Å²) >= 11 is 0. The maximum atomic E-state index is 11.4. The highest BCUT2D eigenvalue weighted by Crippen LogP contribution is 2.37. The number of carbonyl (C=O) groups is 1. The Hall–Kier alpha value is -3.65. The second-order valence-corrected chi connectivity index (χ2v) is 6.65. The molecule has 0 fully saturated rings. The van der Waals surface area contributed by atoms with Crippen LogP contribution in [0, 0.1) is 0 Å². The van der Waals surface area contributed by atoms with Crippen LogP contribution in [0.25, 0.3) is 33.8 Å². The van der Waals surface area contributed by atoms with Crippen molar-refractivity contribution >= 4 is 16.9 Å². The molecule has 1 atom stereocenters. The number of hydrogen-bond donors (Lipinski definition) is 4. The molecule has 2 aromatic heterocycles. The molecule has 2 aromatic carbocycles. The van der Waals surface area contributed by atoms with Gasteiger partial charge in [0.05, 0.1) is 17.1 Å². The molecule has 0 aliphatic rings. The van der Waals surface area contributed by atoms with Crippen molar-refractivity contribution in [1.29, 1.82) is 0 Å². The second-order valence-electron chi connectivity index (χ2n) is 6.65. The average molecular weight is 377 g/mol. The number of aromatic hydroxyl groups is 1. The minimum absolute atomic E-state index is 0.0283. The summed E-state index contributed by atoms with van der Waals surface area (Å²) < 4.78 is 1.53. The van der Waals surface area contributed by atoms with E-state index in [9.17, 15) is 15.0 Å². The van der Waals surface area contributed by atoms with Crippen molar-refractivity contribution in [3.8, 4) is 28.5 Å². The molecule has 0 saturated heterocycles. The van der Waals surface area contributed by atoms with Crippen molar-refractivity contribution in [2.24, 2.45) is 12.8 Å². The lowest BCUT2D eigenvalue weighted by Crippen LogP contribution is -2.10. The standard InChI is InChI=1S/C20H19N5O3/c1-10(26)11-4-3-5-12(8-11)16-18(27)17(25(2)24-16)20-22-14-7-6-13(19(21)28)9-15(14)23-20/h3-10,26-27H,1-2H3,(H2,21,28)(H,22,23). The third kappa shape index (κ3) is 2.89. The molecule has 8 nitrogen and oxygen atoms in total. The van der Waals surface area contributed by atoms with Crippen LogP contribution in [0.15, 0.2) is 42.5 Å². The lowest BCUT2D eigenvalue weighted by molar-refractivity contribution is 0.100. The number of aliphatic hydroxyl groups excluding tert-OH is 1. The van der Waals surface area contributed by atoms with E-state index in [1.54, 1.807) is 44.3 Å². The normalized spacial score (nSPS) is 12.4. The summed E-state index contributed by atoms with van der Waals surface area (Å²) in [5.41, 5.74) is 9.17. The molecule has 0 radical (unpaired) electrons.